The molecule has 1 aromatic heterocycles. The molecule has 0 atom stereocenters. The number of thiophene rings is 1. The molecule has 4 rings (SSSR count). The molecule has 2 aliphatic rings. The van der Waals surface area contributed by atoms with E-state index in [2.05, 4.69) is 10.6 Å². The van der Waals surface area contributed by atoms with Crippen molar-refractivity contribution in [3.05, 3.63) is 40.3 Å². The average Bonchev–Trinajstić information content (AvgIpc) is 3.43. The van der Waals surface area contributed by atoms with E-state index >= 15 is 0 Å². The quantitative estimate of drug-likeness (QED) is 0.400. The number of hydrogen-bond donors (Lipinski definition) is 2. The van der Waals surface area contributed by atoms with Crippen LogP contribution >= 0.6 is 23.6 Å². The molecule has 0 saturated carbocycles. The van der Waals surface area contributed by atoms with E-state index in [1.54, 1.807) is 42.5 Å². The summed E-state index contributed by atoms with van der Waals surface area (Å²) in [5.74, 6) is -0.317. The van der Waals surface area contributed by atoms with Gasteiger partial charge in [0.15, 0.2) is 5.11 Å². The van der Waals surface area contributed by atoms with Gasteiger partial charge in [-0.2, -0.15) is 4.31 Å². The normalized spacial score (nSPS) is 16.9. The SMILES string of the molecule is CCOC(=O)c1c(NC(=S)Nc2ccc(S(=O)(=O)N3CCCC3)cc2)sc2c1CCCCCC2. The van der Waals surface area contributed by atoms with Crippen LogP contribution in [0.5, 0.6) is 0 Å². The topological polar surface area (TPSA) is 87.7 Å². The Morgan fingerprint density at radius 2 is 1.71 bits per heavy atom. The Morgan fingerprint density at radius 1 is 1.03 bits per heavy atom. The molecule has 1 saturated heterocycles. The second-order valence-electron chi connectivity index (χ2n) is 8.56. The monoisotopic (exact) mass is 521 g/mol. The molecule has 1 aliphatic carbocycles. The lowest BCUT2D eigenvalue weighted by molar-refractivity contribution is 0.0526. The van der Waals surface area contributed by atoms with Crippen LogP contribution in [0.2, 0.25) is 0 Å². The average molecular weight is 522 g/mol. The summed E-state index contributed by atoms with van der Waals surface area (Å²) in [6.07, 6.45) is 8.19. The van der Waals surface area contributed by atoms with Crippen molar-refractivity contribution in [3.63, 3.8) is 0 Å². The van der Waals surface area contributed by atoms with E-state index in [4.69, 9.17) is 17.0 Å². The van der Waals surface area contributed by atoms with Crippen molar-refractivity contribution < 1.29 is 17.9 Å². The first kappa shape index (κ1) is 25.1. The molecular weight excluding hydrogens is 490 g/mol. The maximum Gasteiger partial charge on any atom is 0.341 e. The van der Waals surface area contributed by atoms with Gasteiger partial charge in [-0.1, -0.05) is 12.8 Å². The first-order chi connectivity index (χ1) is 16.4. The van der Waals surface area contributed by atoms with Crippen LogP contribution < -0.4 is 10.6 Å². The summed E-state index contributed by atoms with van der Waals surface area (Å²) < 4.78 is 32.4. The van der Waals surface area contributed by atoms with Crippen LogP contribution in [-0.2, 0) is 27.6 Å². The summed E-state index contributed by atoms with van der Waals surface area (Å²) >= 11 is 7.10. The molecule has 34 heavy (non-hydrogen) atoms. The number of esters is 1. The second-order valence-corrected chi connectivity index (χ2v) is 12.0. The minimum atomic E-state index is -3.45. The van der Waals surface area contributed by atoms with Crippen LogP contribution in [0.4, 0.5) is 10.7 Å². The molecule has 1 aliphatic heterocycles. The van der Waals surface area contributed by atoms with Crippen LogP contribution in [0.25, 0.3) is 0 Å². The molecule has 2 N–H and O–H groups in total. The van der Waals surface area contributed by atoms with Crippen molar-refractivity contribution in [2.75, 3.05) is 30.3 Å². The Bertz CT molecular complexity index is 1140. The van der Waals surface area contributed by atoms with Crippen LogP contribution in [0.15, 0.2) is 29.2 Å². The summed E-state index contributed by atoms with van der Waals surface area (Å²) in [6, 6.07) is 6.60. The lowest BCUT2D eigenvalue weighted by atomic mass is 9.96. The molecule has 1 aromatic carbocycles. The molecule has 2 heterocycles. The zero-order valence-electron chi connectivity index (χ0n) is 19.4. The zero-order valence-corrected chi connectivity index (χ0v) is 21.8. The minimum Gasteiger partial charge on any atom is -0.462 e. The van der Waals surface area contributed by atoms with Gasteiger partial charge in [0.05, 0.1) is 17.1 Å². The van der Waals surface area contributed by atoms with Gasteiger partial charge in [-0.25, -0.2) is 13.2 Å². The van der Waals surface area contributed by atoms with Crippen LogP contribution in [0.1, 0.15) is 66.2 Å². The summed E-state index contributed by atoms with van der Waals surface area (Å²) in [4.78, 5) is 14.3. The number of anilines is 2. The smallest absolute Gasteiger partial charge is 0.341 e. The second kappa shape index (κ2) is 11.2. The van der Waals surface area contributed by atoms with Gasteiger partial charge >= 0.3 is 5.97 Å². The number of hydrogen-bond acceptors (Lipinski definition) is 6. The van der Waals surface area contributed by atoms with Crippen LogP contribution in [-0.4, -0.2) is 43.5 Å². The Kier molecular flexibility index (Phi) is 8.23. The third-order valence-corrected chi connectivity index (χ3v) is 9.52. The van der Waals surface area contributed by atoms with E-state index in [-0.39, 0.29) is 10.9 Å². The highest BCUT2D eigenvalue weighted by Gasteiger charge is 2.27. The number of carbonyl (C=O) groups is 1. The molecule has 0 bridgehead atoms. The van der Waals surface area contributed by atoms with Gasteiger partial charge in [0, 0.05) is 23.7 Å². The fourth-order valence-electron chi connectivity index (χ4n) is 4.48. The van der Waals surface area contributed by atoms with Gasteiger partial charge in [0.25, 0.3) is 0 Å². The summed E-state index contributed by atoms with van der Waals surface area (Å²) in [5.41, 5.74) is 2.36. The zero-order chi connectivity index (χ0) is 24.1. The fraction of sp³-hybridized carbons (Fsp3) is 0.500. The standard InChI is InChI=1S/C24H31N3O4S3/c1-2-31-23(28)21-19-9-5-3-4-6-10-20(19)33-22(21)26-24(32)25-17-11-13-18(14-12-17)34(29,30)27-15-7-8-16-27/h11-14H,2-10,15-16H2,1H3,(H2,25,26,32). The highest BCUT2D eigenvalue weighted by molar-refractivity contribution is 7.89. The van der Waals surface area contributed by atoms with Crippen molar-refractivity contribution >= 4 is 55.3 Å². The molecule has 2 aromatic rings. The number of thiocarbonyl (C=S) groups is 1. The third-order valence-electron chi connectivity index (χ3n) is 6.19. The largest absolute Gasteiger partial charge is 0.462 e. The predicted molar refractivity (Wildman–Crippen MR) is 140 cm³/mol. The highest BCUT2D eigenvalue weighted by atomic mass is 32.2. The minimum absolute atomic E-state index is 0.279. The number of rotatable bonds is 6. The molecule has 0 unspecified atom stereocenters. The van der Waals surface area contributed by atoms with Crippen molar-refractivity contribution in [2.24, 2.45) is 0 Å². The van der Waals surface area contributed by atoms with Crippen molar-refractivity contribution in [1.82, 2.24) is 4.31 Å². The first-order valence-electron chi connectivity index (χ1n) is 11.9. The van der Waals surface area contributed by atoms with E-state index in [9.17, 15) is 13.2 Å². The fourth-order valence-corrected chi connectivity index (χ4v) is 7.56. The van der Waals surface area contributed by atoms with Crippen molar-refractivity contribution in [1.29, 1.82) is 0 Å². The third kappa shape index (κ3) is 5.62. The first-order valence-corrected chi connectivity index (χ1v) is 14.6. The van der Waals surface area contributed by atoms with Crippen LogP contribution in [0, 0.1) is 0 Å². The van der Waals surface area contributed by atoms with E-state index < -0.39 is 10.0 Å². The van der Waals surface area contributed by atoms with Crippen LogP contribution in [0.3, 0.4) is 0 Å². The van der Waals surface area contributed by atoms with E-state index in [1.807, 2.05) is 0 Å². The molecule has 184 valence electrons. The number of aryl methyl sites for hydroxylation is 1. The summed E-state index contributed by atoms with van der Waals surface area (Å²) in [7, 11) is -3.45. The lowest BCUT2D eigenvalue weighted by Gasteiger charge is -2.16. The Morgan fingerprint density at radius 3 is 2.38 bits per heavy atom. The Hall–Kier alpha value is -2.01. The molecule has 0 amide bonds. The van der Waals surface area contributed by atoms with E-state index in [0.717, 1.165) is 44.1 Å². The molecular formula is C24H31N3O4S3. The highest BCUT2D eigenvalue weighted by Crippen LogP contribution is 2.37. The van der Waals surface area contributed by atoms with Gasteiger partial charge in [-0.15, -0.1) is 11.3 Å². The Labute approximate surface area is 210 Å². The number of sulfonamides is 1. The Balaban J connectivity index is 1.49. The number of nitrogens with one attached hydrogen (secondary N) is 2. The number of benzene rings is 1. The number of nitrogens with zero attached hydrogens (tertiary/aromatic N) is 1. The molecule has 7 nitrogen and oxygen atoms in total. The molecule has 0 spiro atoms. The van der Waals surface area contributed by atoms with Gasteiger partial charge in [0.2, 0.25) is 10.0 Å². The number of carbonyl (C=O) groups excluding carboxylic acids is 1. The number of ether oxygens (including phenoxy) is 1. The summed E-state index contributed by atoms with van der Waals surface area (Å²) in [6.45, 7) is 3.27. The number of fused-ring (bicyclic) bond motifs is 1. The predicted octanol–water partition coefficient (Wildman–Crippen LogP) is 5.18. The van der Waals surface area contributed by atoms with Gasteiger partial charge in [0.1, 0.15) is 5.00 Å². The van der Waals surface area contributed by atoms with Gasteiger partial charge in [-0.05, 0) is 87.5 Å². The molecule has 10 heteroatoms. The molecule has 0 radical (unpaired) electrons. The summed E-state index contributed by atoms with van der Waals surface area (Å²) in [5, 5.41) is 7.35. The van der Waals surface area contributed by atoms with E-state index in [0.29, 0.717) is 41.1 Å². The van der Waals surface area contributed by atoms with E-state index in [1.165, 1.54) is 22.0 Å². The van der Waals surface area contributed by atoms with Crippen molar-refractivity contribution in [2.45, 2.75) is 63.2 Å². The maximum atomic E-state index is 12.8. The maximum absolute atomic E-state index is 12.8. The van der Waals surface area contributed by atoms with Gasteiger partial charge in [-0.3, -0.25) is 0 Å². The van der Waals surface area contributed by atoms with Gasteiger partial charge < -0.3 is 15.4 Å². The molecule has 1 fully saturated rings. The lowest BCUT2D eigenvalue weighted by Crippen LogP contribution is -2.27. The van der Waals surface area contributed by atoms with Crippen molar-refractivity contribution in [3.8, 4) is 0 Å².